The Balaban J connectivity index is 2.04. The summed E-state index contributed by atoms with van der Waals surface area (Å²) < 4.78 is 3.16. The van der Waals surface area contributed by atoms with Gasteiger partial charge in [-0.05, 0) is 47.7 Å². The maximum absolute atomic E-state index is 12.7. The molecule has 0 saturated heterocycles. The first-order chi connectivity index (χ1) is 12.3. The van der Waals surface area contributed by atoms with Crippen LogP contribution in [0.15, 0.2) is 60.1 Å². The topological polar surface area (TPSA) is 34.4 Å². The number of aryl methyl sites for hydroxylation is 1. The minimum atomic E-state index is -0.216. The lowest BCUT2D eigenvalue weighted by Crippen LogP contribution is -2.16. The van der Waals surface area contributed by atoms with Crippen molar-refractivity contribution >= 4 is 27.5 Å². The molecule has 0 aliphatic rings. The lowest BCUT2D eigenvalue weighted by Gasteiger charge is -2.18. The SMILES string of the molecule is C=CCn1c(=NC(=O)c2ccc(C(C)(C)C)cc2)sc2cc(C)ccc21. The molecule has 0 aliphatic heterocycles. The molecule has 0 atom stereocenters. The highest BCUT2D eigenvalue weighted by Gasteiger charge is 2.14. The van der Waals surface area contributed by atoms with Crippen LogP contribution in [-0.4, -0.2) is 10.5 Å². The van der Waals surface area contributed by atoms with Crippen LogP contribution >= 0.6 is 11.3 Å². The van der Waals surface area contributed by atoms with Gasteiger partial charge in [0.1, 0.15) is 0 Å². The molecule has 3 aromatic rings. The van der Waals surface area contributed by atoms with Crippen molar-refractivity contribution in [2.45, 2.75) is 39.7 Å². The predicted octanol–water partition coefficient (Wildman–Crippen LogP) is 5.24. The van der Waals surface area contributed by atoms with E-state index >= 15 is 0 Å². The number of thiazole rings is 1. The quantitative estimate of drug-likeness (QED) is 0.586. The lowest BCUT2D eigenvalue weighted by atomic mass is 9.87. The summed E-state index contributed by atoms with van der Waals surface area (Å²) in [6, 6.07) is 14.0. The number of amides is 1. The zero-order chi connectivity index (χ0) is 18.9. The number of benzene rings is 2. The molecule has 0 aliphatic carbocycles. The molecule has 0 saturated carbocycles. The van der Waals surface area contributed by atoms with E-state index in [1.807, 2.05) is 34.9 Å². The highest BCUT2D eigenvalue weighted by molar-refractivity contribution is 7.16. The molecule has 0 radical (unpaired) electrons. The molecule has 26 heavy (non-hydrogen) atoms. The molecule has 1 heterocycles. The Labute approximate surface area is 158 Å². The third-order valence-electron chi connectivity index (χ3n) is 4.34. The van der Waals surface area contributed by atoms with Crippen molar-refractivity contribution in [2.75, 3.05) is 0 Å². The van der Waals surface area contributed by atoms with E-state index in [2.05, 4.69) is 57.5 Å². The molecule has 0 bridgehead atoms. The second kappa shape index (κ2) is 7.04. The van der Waals surface area contributed by atoms with Crippen LogP contribution in [0, 0.1) is 6.92 Å². The van der Waals surface area contributed by atoms with Gasteiger partial charge in [0.15, 0.2) is 4.80 Å². The van der Waals surface area contributed by atoms with Crippen LogP contribution in [0.2, 0.25) is 0 Å². The molecule has 1 amide bonds. The fourth-order valence-electron chi connectivity index (χ4n) is 2.84. The molecule has 3 nitrogen and oxygen atoms in total. The Hall–Kier alpha value is -2.46. The Morgan fingerprint density at radius 1 is 1.19 bits per heavy atom. The van der Waals surface area contributed by atoms with Gasteiger partial charge in [-0.15, -0.1) is 6.58 Å². The average molecular weight is 365 g/mol. The van der Waals surface area contributed by atoms with Crippen molar-refractivity contribution in [1.29, 1.82) is 0 Å². The van der Waals surface area contributed by atoms with E-state index < -0.39 is 0 Å². The summed E-state index contributed by atoms with van der Waals surface area (Å²) in [5, 5.41) is 0. The molecule has 0 unspecified atom stereocenters. The highest BCUT2D eigenvalue weighted by atomic mass is 32.1. The second-order valence-electron chi connectivity index (χ2n) is 7.50. The molecule has 0 N–H and O–H groups in total. The molecule has 134 valence electrons. The van der Waals surface area contributed by atoms with Gasteiger partial charge in [0.2, 0.25) is 0 Å². The van der Waals surface area contributed by atoms with Gasteiger partial charge in [0.05, 0.1) is 10.2 Å². The standard InChI is InChI=1S/C22H24N2OS/c1-6-13-24-18-12-7-15(2)14-19(18)26-21(24)23-20(25)16-8-10-17(11-9-16)22(3,4)5/h6-12,14H,1,13H2,2-5H3. The fourth-order valence-corrected chi connectivity index (χ4v) is 3.97. The normalized spacial score (nSPS) is 12.5. The van der Waals surface area contributed by atoms with E-state index in [4.69, 9.17) is 0 Å². The maximum Gasteiger partial charge on any atom is 0.279 e. The Morgan fingerprint density at radius 3 is 2.50 bits per heavy atom. The van der Waals surface area contributed by atoms with Crippen LogP contribution in [0.5, 0.6) is 0 Å². The van der Waals surface area contributed by atoms with Crippen molar-refractivity contribution in [1.82, 2.24) is 4.57 Å². The Bertz CT molecular complexity index is 1030. The second-order valence-corrected chi connectivity index (χ2v) is 8.51. The Morgan fingerprint density at radius 2 is 1.88 bits per heavy atom. The first-order valence-electron chi connectivity index (χ1n) is 8.70. The monoisotopic (exact) mass is 364 g/mol. The zero-order valence-corrected chi connectivity index (χ0v) is 16.6. The molecule has 0 fully saturated rings. The number of hydrogen-bond donors (Lipinski definition) is 0. The van der Waals surface area contributed by atoms with E-state index in [0.717, 1.165) is 10.2 Å². The van der Waals surface area contributed by atoms with E-state index in [0.29, 0.717) is 16.9 Å². The van der Waals surface area contributed by atoms with E-state index in [1.54, 1.807) is 0 Å². The first-order valence-corrected chi connectivity index (χ1v) is 9.52. The lowest BCUT2D eigenvalue weighted by molar-refractivity contribution is 0.0998. The number of allylic oxidation sites excluding steroid dienone is 1. The van der Waals surface area contributed by atoms with Gasteiger partial charge in [0.25, 0.3) is 5.91 Å². The molecule has 1 aromatic heterocycles. The molecule has 2 aromatic carbocycles. The number of fused-ring (bicyclic) bond motifs is 1. The number of carbonyl (C=O) groups excluding carboxylic acids is 1. The molecular weight excluding hydrogens is 340 g/mol. The minimum Gasteiger partial charge on any atom is -0.312 e. The van der Waals surface area contributed by atoms with Crippen molar-refractivity contribution < 1.29 is 4.79 Å². The fraction of sp³-hybridized carbons (Fsp3) is 0.273. The van der Waals surface area contributed by atoms with Crippen molar-refractivity contribution in [3.05, 3.63) is 76.6 Å². The van der Waals surface area contributed by atoms with Gasteiger partial charge >= 0.3 is 0 Å². The van der Waals surface area contributed by atoms with Crippen LogP contribution < -0.4 is 4.80 Å². The summed E-state index contributed by atoms with van der Waals surface area (Å²) in [6.07, 6.45) is 1.83. The number of aromatic nitrogens is 1. The summed E-state index contributed by atoms with van der Waals surface area (Å²) >= 11 is 1.54. The van der Waals surface area contributed by atoms with Gasteiger partial charge in [-0.1, -0.05) is 56.4 Å². The molecular formula is C22H24N2OS. The molecule has 4 heteroatoms. The third-order valence-corrected chi connectivity index (χ3v) is 5.39. The van der Waals surface area contributed by atoms with E-state index in [-0.39, 0.29) is 11.3 Å². The summed E-state index contributed by atoms with van der Waals surface area (Å²) in [5.41, 5.74) is 4.15. The summed E-state index contributed by atoms with van der Waals surface area (Å²) in [7, 11) is 0. The largest absolute Gasteiger partial charge is 0.312 e. The number of carbonyl (C=O) groups is 1. The van der Waals surface area contributed by atoms with Crippen LogP contribution in [0.25, 0.3) is 10.2 Å². The number of rotatable bonds is 3. The highest BCUT2D eigenvalue weighted by Crippen LogP contribution is 2.22. The predicted molar refractivity (Wildman–Crippen MR) is 110 cm³/mol. The van der Waals surface area contributed by atoms with Gasteiger partial charge in [-0.2, -0.15) is 4.99 Å². The van der Waals surface area contributed by atoms with Gasteiger partial charge in [0, 0.05) is 12.1 Å². The third kappa shape index (κ3) is 3.70. The van der Waals surface area contributed by atoms with Crippen LogP contribution in [0.4, 0.5) is 0 Å². The smallest absolute Gasteiger partial charge is 0.279 e. The van der Waals surface area contributed by atoms with Crippen molar-refractivity contribution in [3.63, 3.8) is 0 Å². The van der Waals surface area contributed by atoms with Gasteiger partial charge < -0.3 is 4.57 Å². The number of nitrogens with zero attached hydrogens (tertiary/aromatic N) is 2. The minimum absolute atomic E-state index is 0.0645. The number of hydrogen-bond acceptors (Lipinski definition) is 2. The maximum atomic E-state index is 12.7. The summed E-state index contributed by atoms with van der Waals surface area (Å²) in [6.45, 7) is 13.0. The summed E-state index contributed by atoms with van der Waals surface area (Å²) in [4.78, 5) is 17.8. The zero-order valence-electron chi connectivity index (χ0n) is 15.7. The summed E-state index contributed by atoms with van der Waals surface area (Å²) in [5.74, 6) is -0.216. The molecule has 0 spiro atoms. The van der Waals surface area contributed by atoms with Crippen LogP contribution in [0.3, 0.4) is 0 Å². The molecule has 3 rings (SSSR count). The first kappa shape index (κ1) is 18.3. The van der Waals surface area contributed by atoms with Crippen LogP contribution in [0.1, 0.15) is 42.3 Å². The Kier molecular flexibility index (Phi) is 4.97. The van der Waals surface area contributed by atoms with Crippen LogP contribution in [-0.2, 0) is 12.0 Å². The van der Waals surface area contributed by atoms with E-state index in [9.17, 15) is 4.79 Å². The van der Waals surface area contributed by atoms with Crippen molar-refractivity contribution in [2.24, 2.45) is 4.99 Å². The van der Waals surface area contributed by atoms with E-state index in [1.165, 1.54) is 22.5 Å². The van der Waals surface area contributed by atoms with Gasteiger partial charge in [-0.25, -0.2) is 0 Å². The average Bonchev–Trinajstić information content (AvgIpc) is 2.91. The van der Waals surface area contributed by atoms with Crippen molar-refractivity contribution in [3.8, 4) is 0 Å². The van der Waals surface area contributed by atoms with Gasteiger partial charge in [-0.3, -0.25) is 4.79 Å².